The summed E-state index contributed by atoms with van der Waals surface area (Å²) in [6, 6.07) is 3.50. The van der Waals surface area contributed by atoms with E-state index in [4.69, 9.17) is 0 Å². The van der Waals surface area contributed by atoms with Crippen LogP contribution in [-0.2, 0) is 6.18 Å². The lowest BCUT2D eigenvalue weighted by atomic mass is 9.97. The number of aliphatic hydroxyl groups is 1. The molecule has 88 valence electrons. The van der Waals surface area contributed by atoms with Gasteiger partial charge < -0.3 is 10.0 Å². The highest BCUT2D eigenvalue weighted by Crippen LogP contribution is 2.37. The van der Waals surface area contributed by atoms with Gasteiger partial charge in [0, 0.05) is 24.8 Å². The van der Waals surface area contributed by atoms with Crippen LogP contribution >= 0.6 is 0 Å². The average Bonchev–Trinajstić information content (AvgIpc) is 2.22. The van der Waals surface area contributed by atoms with E-state index in [1.54, 1.807) is 7.05 Å². The van der Waals surface area contributed by atoms with Crippen molar-refractivity contribution in [1.82, 2.24) is 0 Å². The van der Waals surface area contributed by atoms with Crippen molar-refractivity contribution in [1.29, 1.82) is 0 Å². The smallest absolute Gasteiger partial charge is 0.388 e. The molecule has 0 radical (unpaired) electrons. The number of hydrogen-bond acceptors (Lipinski definition) is 2. The maximum absolute atomic E-state index is 12.5. The van der Waals surface area contributed by atoms with E-state index in [0.717, 1.165) is 12.1 Å². The number of hydrogen-bond donors (Lipinski definition) is 1. The van der Waals surface area contributed by atoms with Gasteiger partial charge in [0.2, 0.25) is 0 Å². The summed E-state index contributed by atoms with van der Waals surface area (Å²) in [7, 11) is 1.80. The minimum atomic E-state index is -4.36. The van der Waals surface area contributed by atoms with Crippen LogP contribution < -0.4 is 4.90 Å². The molecule has 0 aliphatic carbocycles. The van der Waals surface area contributed by atoms with Gasteiger partial charge in [-0.15, -0.1) is 0 Å². The maximum Gasteiger partial charge on any atom is 0.416 e. The lowest BCUT2D eigenvalue weighted by Gasteiger charge is -2.31. The van der Waals surface area contributed by atoms with Gasteiger partial charge in [0.25, 0.3) is 0 Å². The van der Waals surface area contributed by atoms with Crippen LogP contribution in [0, 0.1) is 0 Å². The number of anilines is 1. The number of benzene rings is 1. The second-order valence-corrected chi connectivity index (χ2v) is 4.00. The highest BCUT2D eigenvalue weighted by Gasteiger charge is 2.32. The molecule has 0 saturated heterocycles. The zero-order valence-electron chi connectivity index (χ0n) is 8.75. The monoisotopic (exact) mass is 231 g/mol. The summed E-state index contributed by atoms with van der Waals surface area (Å²) in [4.78, 5) is 1.85. The molecular formula is C11H12F3NO. The minimum absolute atomic E-state index is 0.364. The SMILES string of the molecule is CN1CCC(O)c2cc(C(F)(F)F)ccc21. The van der Waals surface area contributed by atoms with Gasteiger partial charge in [0.15, 0.2) is 0 Å². The quantitative estimate of drug-likeness (QED) is 0.741. The Hall–Kier alpha value is -1.23. The molecule has 1 unspecified atom stereocenters. The lowest BCUT2D eigenvalue weighted by Crippen LogP contribution is -2.27. The van der Waals surface area contributed by atoms with E-state index in [1.165, 1.54) is 6.07 Å². The molecule has 1 aliphatic rings. The highest BCUT2D eigenvalue weighted by atomic mass is 19.4. The highest BCUT2D eigenvalue weighted by molar-refractivity contribution is 5.57. The Labute approximate surface area is 91.3 Å². The van der Waals surface area contributed by atoms with Gasteiger partial charge in [-0.25, -0.2) is 0 Å². The molecule has 1 N–H and O–H groups in total. The first-order chi connectivity index (χ1) is 7.39. The van der Waals surface area contributed by atoms with Crippen LogP contribution in [0.25, 0.3) is 0 Å². The summed E-state index contributed by atoms with van der Waals surface area (Å²) in [6.45, 7) is 0.652. The Balaban J connectivity index is 2.48. The Kier molecular flexibility index (Phi) is 2.58. The third-order valence-corrected chi connectivity index (χ3v) is 2.86. The molecule has 0 spiro atoms. The van der Waals surface area contributed by atoms with E-state index in [9.17, 15) is 18.3 Å². The molecule has 0 fully saturated rings. The first-order valence-electron chi connectivity index (χ1n) is 5.00. The van der Waals surface area contributed by atoms with Crippen molar-refractivity contribution < 1.29 is 18.3 Å². The van der Waals surface area contributed by atoms with Gasteiger partial charge in [-0.1, -0.05) is 0 Å². The summed E-state index contributed by atoms with van der Waals surface area (Å²) < 4.78 is 37.5. The zero-order chi connectivity index (χ0) is 11.9. The lowest BCUT2D eigenvalue weighted by molar-refractivity contribution is -0.137. The number of aliphatic hydroxyl groups excluding tert-OH is 1. The maximum atomic E-state index is 12.5. The number of rotatable bonds is 0. The fourth-order valence-electron chi connectivity index (χ4n) is 1.94. The predicted molar refractivity (Wildman–Crippen MR) is 54.3 cm³/mol. The molecular weight excluding hydrogens is 219 g/mol. The fourth-order valence-corrected chi connectivity index (χ4v) is 1.94. The molecule has 1 atom stereocenters. The third-order valence-electron chi connectivity index (χ3n) is 2.86. The van der Waals surface area contributed by atoms with E-state index >= 15 is 0 Å². The summed E-state index contributed by atoms with van der Waals surface area (Å²) >= 11 is 0. The van der Waals surface area contributed by atoms with Gasteiger partial charge in [0.1, 0.15) is 0 Å². The zero-order valence-corrected chi connectivity index (χ0v) is 8.75. The number of halogens is 3. The first kappa shape index (κ1) is 11.3. The first-order valence-corrected chi connectivity index (χ1v) is 5.00. The van der Waals surface area contributed by atoms with Crippen LogP contribution in [0.15, 0.2) is 18.2 Å². The topological polar surface area (TPSA) is 23.5 Å². The predicted octanol–water partition coefficient (Wildman–Crippen LogP) is 2.58. The normalized spacial score (nSPS) is 20.8. The van der Waals surface area contributed by atoms with E-state index in [2.05, 4.69) is 0 Å². The summed E-state index contributed by atoms with van der Waals surface area (Å²) in [6.07, 6.45) is -4.69. The average molecular weight is 231 g/mol. The van der Waals surface area contributed by atoms with E-state index in [-0.39, 0.29) is 0 Å². The number of alkyl halides is 3. The third kappa shape index (κ3) is 1.87. The second kappa shape index (κ2) is 3.66. The number of nitrogens with zero attached hydrogens (tertiary/aromatic N) is 1. The Bertz CT molecular complexity index is 403. The molecule has 2 rings (SSSR count). The minimum Gasteiger partial charge on any atom is -0.388 e. The molecule has 16 heavy (non-hydrogen) atoms. The molecule has 0 amide bonds. The standard InChI is InChI=1S/C11H12F3NO/c1-15-5-4-10(16)8-6-7(11(12,13)14)2-3-9(8)15/h2-3,6,10,16H,4-5H2,1H3. The van der Waals surface area contributed by atoms with E-state index in [1.807, 2.05) is 4.90 Å². The van der Waals surface area contributed by atoms with Crippen molar-refractivity contribution in [3.05, 3.63) is 29.3 Å². The van der Waals surface area contributed by atoms with Crippen molar-refractivity contribution in [2.24, 2.45) is 0 Å². The van der Waals surface area contributed by atoms with Gasteiger partial charge in [-0.05, 0) is 24.6 Å². The van der Waals surface area contributed by atoms with Crippen molar-refractivity contribution >= 4 is 5.69 Å². The van der Waals surface area contributed by atoms with Crippen molar-refractivity contribution in [2.45, 2.75) is 18.7 Å². The molecule has 1 aliphatic heterocycles. The van der Waals surface area contributed by atoms with Crippen LogP contribution in [0.5, 0.6) is 0 Å². The summed E-state index contributed by atoms with van der Waals surface area (Å²) in [5.41, 5.74) is 0.330. The Morgan fingerprint density at radius 3 is 2.69 bits per heavy atom. The fraction of sp³-hybridized carbons (Fsp3) is 0.455. The second-order valence-electron chi connectivity index (χ2n) is 4.00. The van der Waals surface area contributed by atoms with Gasteiger partial charge >= 0.3 is 6.18 Å². The van der Waals surface area contributed by atoms with Crippen LogP contribution in [0.1, 0.15) is 23.7 Å². The molecule has 5 heteroatoms. The van der Waals surface area contributed by atoms with Crippen LogP contribution in [-0.4, -0.2) is 18.7 Å². The van der Waals surface area contributed by atoms with Crippen molar-refractivity contribution in [3.63, 3.8) is 0 Å². The van der Waals surface area contributed by atoms with Crippen LogP contribution in [0.3, 0.4) is 0 Å². The van der Waals surface area contributed by atoms with Gasteiger partial charge in [-0.2, -0.15) is 13.2 Å². The van der Waals surface area contributed by atoms with Crippen LogP contribution in [0.4, 0.5) is 18.9 Å². The van der Waals surface area contributed by atoms with Crippen molar-refractivity contribution in [2.75, 3.05) is 18.5 Å². The largest absolute Gasteiger partial charge is 0.416 e. The molecule has 1 aromatic carbocycles. The van der Waals surface area contributed by atoms with E-state index in [0.29, 0.717) is 24.2 Å². The molecule has 2 nitrogen and oxygen atoms in total. The van der Waals surface area contributed by atoms with E-state index < -0.39 is 17.8 Å². The molecule has 1 heterocycles. The van der Waals surface area contributed by atoms with Crippen molar-refractivity contribution in [3.8, 4) is 0 Å². The molecule has 1 aromatic rings. The molecule has 0 bridgehead atoms. The molecule has 0 aromatic heterocycles. The van der Waals surface area contributed by atoms with Gasteiger partial charge in [0.05, 0.1) is 11.7 Å². The Morgan fingerprint density at radius 2 is 2.06 bits per heavy atom. The van der Waals surface area contributed by atoms with Crippen LogP contribution in [0.2, 0.25) is 0 Å². The summed E-state index contributed by atoms with van der Waals surface area (Å²) in [5, 5.41) is 9.68. The number of fused-ring (bicyclic) bond motifs is 1. The molecule has 0 saturated carbocycles. The summed E-state index contributed by atoms with van der Waals surface area (Å²) in [5.74, 6) is 0. The Morgan fingerprint density at radius 1 is 1.38 bits per heavy atom. The van der Waals surface area contributed by atoms with Gasteiger partial charge in [-0.3, -0.25) is 0 Å².